The van der Waals surface area contributed by atoms with E-state index in [9.17, 15) is 18.0 Å². The number of unbranched alkanes of at least 4 members (excludes halogenated alkanes) is 1. The first kappa shape index (κ1) is 14.7. The Hall–Kier alpha value is -1.35. The number of nitrogens with one attached hydrogen (secondary N) is 1. The van der Waals surface area contributed by atoms with E-state index in [2.05, 4.69) is 5.10 Å². The third-order valence-corrected chi connectivity index (χ3v) is 2.43. The van der Waals surface area contributed by atoms with Crippen LogP contribution < -0.4 is 17.2 Å². The second-order valence-corrected chi connectivity index (χ2v) is 3.98. The quantitative estimate of drug-likeness (QED) is 0.643. The number of halogens is 3. The summed E-state index contributed by atoms with van der Waals surface area (Å²) in [6.07, 6.45) is -2.66. The number of hydrogen-bond acceptors (Lipinski definition) is 4. The Balaban J connectivity index is 2.79. The molecule has 6 nitrogen and oxygen atoms in total. The molecule has 0 amide bonds. The van der Waals surface area contributed by atoms with Gasteiger partial charge in [0.2, 0.25) is 0 Å². The van der Waals surface area contributed by atoms with Crippen LogP contribution in [0.25, 0.3) is 0 Å². The lowest BCUT2D eigenvalue weighted by Crippen LogP contribution is -2.30. The lowest BCUT2D eigenvalue weighted by atomic mass is 10.1. The normalized spacial score (nSPS) is 13.8. The fourth-order valence-electron chi connectivity index (χ4n) is 1.58. The maximum Gasteiger partial charge on any atom is 0.406 e. The molecule has 1 aromatic heterocycles. The van der Waals surface area contributed by atoms with E-state index >= 15 is 0 Å². The standard InChI is InChI=1S/C9H16F3N5O/c10-9(11,12)5-17-7(15-16-8(17)18)6(14)3-1-2-4-13/h6H,1-5,13-14H2,(H,16,18). The van der Waals surface area contributed by atoms with Crippen molar-refractivity contribution in [2.45, 2.75) is 38.0 Å². The predicted octanol–water partition coefficient (Wildman–Crippen LogP) is 0.262. The van der Waals surface area contributed by atoms with Crippen LogP contribution in [0.3, 0.4) is 0 Å². The summed E-state index contributed by atoms with van der Waals surface area (Å²) in [5, 5.41) is 5.53. The monoisotopic (exact) mass is 267 g/mol. The molecule has 1 rings (SSSR count). The Morgan fingerprint density at radius 1 is 1.39 bits per heavy atom. The van der Waals surface area contributed by atoms with Gasteiger partial charge in [0.25, 0.3) is 0 Å². The van der Waals surface area contributed by atoms with Gasteiger partial charge in [-0.2, -0.15) is 18.3 Å². The molecule has 0 saturated heterocycles. The van der Waals surface area contributed by atoms with Gasteiger partial charge in [0.1, 0.15) is 6.54 Å². The SMILES string of the molecule is NCCCCC(N)c1n[nH]c(=O)n1CC(F)(F)F. The molecule has 1 aromatic rings. The fourth-order valence-corrected chi connectivity index (χ4v) is 1.58. The second kappa shape index (κ2) is 6.01. The molecule has 104 valence electrons. The van der Waals surface area contributed by atoms with Gasteiger partial charge in [-0.15, -0.1) is 0 Å². The zero-order valence-electron chi connectivity index (χ0n) is 9.70. The topological polar surface area (TPSA) is 103 Å². The fraction of sp³-hybridized carbons (Fsp3) is 0.778. The van der Waals surface area contributed by atoms with Crippen molar-refractivity contribution in [3.8, 4) is 0 Å². The maximum absolute atomic E-state index is 12.3. The maximum atomic E-state index is 12.3. The van der Waals surface area contributed by atoms with Crippen molar-refractivity contribution >= 4 is 0 Å². The molecule has 0 aliphatic carbocycles. The van der Waals surface area contributed by atoms with Crippen molar-refractivity contribution in [3.63, 3.8) is 0 Å². The molecule has 9 heteroatoms. The zero-order chi connectivity index (χ0) is 13.8. The number of aromatic amines is 1. The zero-order valence-corrected chi connectivity index (χ0v) is 9.70. The number of aromatic nitrogens is 3. The van der Waals surface area contributed by atoms with Crippen molar-refractivity contribution in [1.29, 1.82) is 0 Å². The third-order valence-electron chi connectivity index (χ3n) is 2.43. The van der Waals surface area contributed by atoms with Gasteiger partial charge in [-0.3, -0.25) is 4.57 Å². The molecule has 5 N–H and O–H groups in total. The minimum Gasteiger partial charge on any atom is -0.330 e. The largest absolute Gasteiger partial charge is 0.406 e. The van der Waals surface area contributed by atoms with Crippen molar-refractivity contribution < 1.29 is 13.2 Å². The first-order valence-corrected chi connectivity index (χ1v) is 5.52. The Bertz CT molecular complexity index is 425. The van der Waals surface area contributed by atoms with Crippen molar-refractivity contribution in [1.82, 2.24) is 14.8 Å². The first-order chi connectivity index (χ1) is 8.35. The summed E-state index contributed by atoms with van der Waals surface area (Å²) in [5.74, 6) is -0.0747. The van der Waals surface area contributed by atoms with E-state index < -0.39 is 24.5 Å². The highest BCUT2D eigenvalue weighted by Gasteiger charge is 2.31. The van der Waals surface area contributed by atoms with Crippen LogP contribution in [0.1, 0.15) is 31.1 Å². The molecule has 1 atom stereocenters. The summed E-state index contributed by atoms with van der Waals surface area (Å²) >= 11 is 0. The molecule has 0 spiro atoms. The van der Waals surface area contributed by atoms with E-state index in [-0.39, 0.29) is 5.82 Å². The highest BCUT2D eigenvalue weighted by atomic mass is 19.4. The van der Waals surface area contributed by atoms with Crippen molar-refractivity contribution in [2.24, 2.45) is 11.5 Å². The van der Waals surface area contributed by atoms with Crippen molar-refractivity contribution in [2.75, 3.05) is 6.54 Å². The number of nitrogens with two attached hydrogens (primary N) is 2. The van der Waals surface area contributed by atoms with Crippen LogP contribution in [-0.4, -0.2) is 27.5 Å². The Kier molecular flexibility index (Phi) is 4.91. The van der Waals surface area contributed by atoms with Gasteiger partial charge in [0, 0.05) is 0 Å². The molecule has 1 unspecified atom stereocenters. The van der Waals surface area contributed by atoms with Crippen molar-refractivity contribution in [3.05, 3.63) is 16.3 Å². The van der Waals surface area contributed by atoms with Gasteiger partial charge < -0.3 is 11.5 Å². The van der Waals surface area contributed by atoms with Gasteiger partial charge >= 0.3 is 11.9 Å². The third kappa shape index (κ3) is 4.15. The van der Waals surface area contributed by atoms with Gasteiger partial charge in [0.05, 0.1) is 6.04 Å². The summed E-state index contributed by atoms with van der Waals surface area (Å²) in [6, 6.07) is -0.710. The van der Waals surface area contributed by atoms with Crippen LogP contribution in [0.15, 0.2) is 4.79 Å². The number of hydrogen-bond donors (Lipinski definition) is 3. The van der Waals surface area contributed by atoms with E-state index in [1.54, 1.807) is 0 Å². The lowest BCUT2D eigenvalue weighted by Gasteiger charge is -2.13. The summed E-state index contributed by atoms with van der Waals surface area (Å²) in [6.45, 7) is -0.898. The summed E-state index contributed by atoms with van der Waals surface area (Å²) in [7, 11) is 0. The Labute approximate surface area is 101 Å². The summed E-state index contributed by atoms with van der Waals surface area (Å²) < 4.78 is 37.4. The van der Waals surface area contributed by atoms with Crippen LogP contribution in [0.2, 0.25) is 0 Å². The van der Waals surface area contributed by atoms with Crippen LogP contribution in [-0.2, 0) is 6.54 Å². The predicted molar refractivity (Wildman–Crippen MR) is 58.7 cm³/mol. The van der Waals surface area contributed by atoms with Gasteiger partial charge in [-0.1, -0.05) is 6.42 Å². The molecule has 0 aliphatic heterocycles. The minimum atomic E-state index is -4.49. The number of alkyl halides is 3. The molecule has 0 aromatic carbocycles. The van der Waals surface area contributed by atoms with E-state index in [0.717, 1.165) is 6.42 Å². The van der Waals surface area contributed by atoms with E-state index in [1.165, 1.54) is 0 Å². The molecule has 0 fully saturated rings. The van der Waals surface area contributed by atoms with E-state index in [4.69, 9.17) is 11.5 Å². The average molecular weight is 267 g/mol. The van der Waals surface area contributed by atoms with Crippen LogP contribution in [0.4, 0.5) is 13.2 Å². The Morgan fingerprint density at radius 2 is 2.06 bits per heavy atom. The molecule has 0 bridgehead atoms. The van der Waals surface area contributed by atoms with Crippen LogP contribution >= 0.6 is 0 Å². The van der Waals surface area contributed by atoms with Crippen LogP contribution in [0, 0.1) is 0 Å². The molecule has 0 radical (unpaired) electrons. The molecule has 1 heterocycles. The lowest BCUT2D eigenvalue weighted by molar-refractivity contribution is -0.141. The smallest absolute Gasteiger partial charge is 0.330 e. The van der Waals surface area contributed by atoms with Crippen LogP contribution in [0.5, 0.6) is 0 Å². The molecule has 0 aliphatic rings. The minimum absolute atomic E-state index is 0.0747. The molecular weight excluding hydrogens is 251 g/mol. The van der Waals surface area contributed by atoms with Gasteiger partial charge in [-0.05, 0) is 19.4 Å². The second-order valence-electron chi connectivity index (χ2n) is 3.98. The van der Waals surface area contributed by atoms with E-state index in [1.807, 2.05) is 5.10 Å². The van der Waals surface area contributed by atoms with Gasteiger partial charge in [-0.25, -0.2) is 9.89 Å². The first-order valence-electron chi connectivity index (χ1n) is 5.52. The van der Waals surface area contributed by atoms with E-state index in [0.29, 0.717) is 24.0 Å². The molecular formula is C9H16F3N5O. The number of H-pyrrole nitrogens is 1. The average Bonchev–Trinajstić information content (AvgIpc) is 2.59. The number of rotatable bonds is 6. The summed E-state index contributed by atoms with van der Waals surface area (Å²) in [5.41, 5.74) is 10.1. The summed E-state index contributed by atoms with van der Waals surface area (Å²) in [4.78, 5) is 11.2. The highest BCUT2D eigenvalue weighted by Crippen LogP contribution is 2.19. The highest BCUT2D eigenvalue weighted by molar-refractivity contribution is 4.94. The molecule has 18 heavy (non-hydrogen) atoms. The number of nitrogens with zero attached hydrogens (tertiary/aromatic N) is 2. The molecule has 0 saturated carbocycles. The van der Waals surface area contributed by atoms with Gasteiger partial charge in [0.15, 0.2) is 5.82 Å². The Morgan fingerprint density at radius 3 is 2.61 bits per heavy atom.